The minimum Gasteiger partial charge on any atom is -0.340 e. The van der Waals surface area contributed by atoms with Gasteiger partial charge in [-0.15, -0.1) is 11.3 Å². The number of anilines is 2. The fraction of sp³-hybridized carbons (Fsp3) is 0.0526. The summed E-state index contributed by atoms with van der Waals surface area (Å²) in [5.74, 6) is 0.797. The van der Waals surface area contributed by atoms with Crippen LogP contribution in [0.1, 0.15) is 4.88 Å². The highest BCUT2D eigenvalue weighted by molar-refractivity contribution is 7.19. The van der Waals surface area contributed by atoms with Gasteiger partial charge >= 0.3 is 0 Å². The first kappa shape index (κ1) is 15.1. The summed E-state index contributed by atoms with van der Waals surface area (Å²) >= 11 is 7.77. The smallest absolute Gasteiger partial charge is 0.143 e. The Morgan fingerprint density at radius 1 is 1.00 bits per heavy atom. The molecule has 3 nitrogen and oxygen atoms in total. The van der Waals surface area contributed by atoms with Gasteiger partial charge in [0.25, 0.3) is 0 Å². The van der Waals surface area contributed by atoms with E-state index in [2.05, 4.69) is 34.3 Å². The molecule has 0 unspecified atom stereocenters. The Hall–Kier alpha value is -2.43. The lowest BCUT2D eigenvalue weighted by Crippen LogP contribution is -1.95. The number of fused-ring (bicyclic) bond motifs is 1. The monoisotopic (exact) mass is 351 g/mol. The molecule has 0 atom stereocenters. The summed E-state index contributed by atoms with van der Waals surface area (Å²) in [7, 11) is 0. The molecule has 0 aliphatic carbocycles. The van der Waals surface area contributed by atoms with Crippen molar-refractivity contribution in [1.82, 2.24) is 9.97 Å². The van der Waals surface area contributed by atoms with Crippen LogP contribution in [0.25, 0.3) is 21.3 Å². The van der Waals surface area contributed by atoms with Crippen LogP contribution in [0.2, 0.25) is 5.02 Å². The van der Waals surface area contributed by atoms with Gasteiger partial charge in [-0.05, 0) is 30.7 Å². The molecule has 0 amide bonds. The molecule has 1 N–H and O–H groups in total. The average molecular weight is 352 g/mol. The van der Waals surface area contributed by atoms with Gasteiger partial charge in [-0.3, -0.25) is 0 Å². The Morgan fingerprint density at radius 3 is 2.62 bits per heavy atom. The lowest BCUT2D eigenvalue weighted by atomic mass is 10.0. The van der Waals surface area contributed by atoms with Gasteiger partial charge in [0, 0.05) is 21.2 Å². The van der Waals surface area contributed by atoms with E-state index < -0.39 is 0 Å². The van der Waals surface area contributed by atoms with Gasteiger partial charge in [0.15, 0.2) is 0 Å². The summed E-state index contributed by atoms with van der Waals surface area (Å²) in [6.07, 6.45) is 1.60. The average Bonchev–Trinajstić information content (AvgIpc) is 2.93. The summed E-state index contributed by atoms with van der Waals surface area (Å²) in [5, 5.41) is 5.12. The first-order valence-corrected chi connectivity index (χ1v) is 8.74. The fourth-order valence-corrected chi connectivity index (χ4v) is 4.00. The van der Waals surface area contributed by atoms with E-state index in [0.29, 0.717) is 5.02 Å². The molecule has 0 fully saturated rings. The van der Waals surface area contributed by atoms with E-state index >= 15 is 0 Å². The van der Waals surface area contributed by atoms with E-state index in [1.54, 1.807) is 17.7 Å². The highest BCUT2D eigenvalue weighted by atomic mass is 35.5. The maximum atomic E-state index is 6.09. The Balaban J connectivity index is 1.90. The van der Waals surface area contributed by atoms with Crippen LogP contribution in [0.4, 0.5) is 11.5 Å². The van der Waals surface area contributed by atoms with Gasteiger partial charge in [0.05, 0.1) is 5.39 Å². The zero-order valence-corrected chi connectivity index (χ0v) is 14.5. The standard InChI is InChI=1S/C19H14ClN3S/c1-12-16(13-6-3-2-4-7-13)17-18(21-11-22-19(17)24-12)23-15-9-5-8-14(20)10-15/h2-11H,1H3,(H,21,22,23). The van der Waals surface area contributed by atoms with Crippen molar-refractivity contribution in [2.45, 2.75) is 6.92 Å². The maximum Gasteiger partial charge on any atom is 0.143 e. The van der Waals surface area contributed by atoms with Crippen LogP contribution in [-0.2, 0) is 0 Å². The summed E-state index contributed by atoms with van der Waals surface area (Å²) in [4.78, 5) is 11.1. The van der Waals surface area contributed by atoms with Crippen LogP contribution in [-0.4, -0.2) is 9.97 Å². The van der Waals surface area contributed by atoms with Crippen molar-refractivity contribution in [3.8, 4) is 11.1 Å². The Morgan fingerprint density at radius 2 is 1.83 bits per heavy atom. The number of hydrogen-bond acceptors (Lipinski definition) is 4. The summed E-state index contributed by atoms with van der Waals surface area (Å²) in [6, 6.07) is 18.0. The van der Waals surface area contributed by atoms with Gasteiger partial charge in [-0.25, -0.2) is 9.97 Å². The van der Waals surface area contributed by atoms with Crippen molar-refractivity contribution < 1.29 is 0 Å². The van der Waals surface area contributed by atoms with Crippen molar-refractivity contribution in [1.29, 1.82) is 0 Å². The molecule has 0 bridgehead atoms. The van der Waals surface area contributed by atoms with Crippen LogP contribution in [0.5, 0.6) is 0 Å². The van der Waals surface area contributed by atoms with E-state index in [1.807, 2.05) is 42.5 Å². The minimum absolute atomic E-state index is 0.690. The van der Waals surface area contributed by atoms with Crippen LogP contribution >= 0.6 is 22.9 Å². The third-order valence-electron chi connectivity index (χ3n) is 3.81. The topological polar surface area (TPSA) is 37.8 Å². The van der Waals surface area contributed by atoms with E-state index in [9.17, 15) is 0 Å². The Kier molecular flexibility index (Phi) is 3.92. The van der Waals surface area contributed by atoms with E-state index in [0.717, 1.165) is 21.7 Å². The normalized spacial score (nSPS) is 10.9. The quantitative estimate of drug-likeness (QED) is 0.487. The van der Waals surface area contributed by atoms with Crippen molar-refractivity contribution in [3.63, 3.8) is 0 Å². The van der Waals surface area contributed by atoms with Crippen molar-refractivity contribution in [2.24, 2.45) is 0 Å². The molecule has 0 spiro atoms. The third kappa shape index (κ3) is 2.75. The Labute approximate surface area is 149 Å². The second-order valence-corrected chi connectivity index (χ2v) is 7.08. The molecule has 0 radical (unpaired) electrons. The van der Waals surface area contributed by atoms with Gasteiger partial charge < -0.3 is 5.32 Å². The number of aromatic nitrogens is 2. The number of benzene rings is 2. The molecule has 4 rings (SSSR count). The summed E-state index contributed by atoms with van der Waals surface area (Å²) < 4.78 is 0. The predicted molar refractivity (Wildman–Crippen MR) is 102 cm³/mol. The number of thiophene rings is 1. The fourth-order valence-electron chi connectivity index (χ4n) is 2.79. The van der Waals surface area contributed by atoms with Crippen LogP contribution in [0.3, 0.4) is 0 Å². The third-order valence-corrected chi connectivity index (χ3v) is 5.06. The number of halogens is 1. The first-order chi connectivity index (χ1) is 11.7. The first-order valence-electron chi connectivity index (χ1n) is 7.54. The van der Waals surface area contributed by atoms with Gasteiger partial charge in [0.1, 0.15) is 17.0 Å². The lowest BCUT2D eigenvalue weighted by Gasteiger charge is -2.09. The minimum atomic E-state index is 0.690. The number of nitrogens with one attached hydrogen (secondary N) is 1. The second kappa shape index (κ2) is 6.23. The molecule has 2 heterocycles. The molecule has 118 valence electrons. The van der Waals surface area contributed by atoms with Crippen molar-refractivity contribution >= 4 is 44.7 Å². The summed E-state index contributed by atoms with van der Waals surface area (Å²) in [5.41, 5.74) is 3.26. The van der Waals surface area contributed by atoms with E-state index in [4.69, 9.17) is 11.6 Å². The second-order valence-electron chi connectivity index (χ2n) is 5.44. The molecule has 24 heavy (non-hydrogen) atoms. The van der Waals surface area contributed by atoms with E-state index in [1.165, 1.54) is 16.0 Å². The molecule has 0 aliphatic rings. The number of rotatable bonds is 3. The molecule has 2 aromatic carbocycles. The van der Waals surface area contributed by atoms with Gasteiger partial charge in [-0.1, -0.05) is 48.0 Å². The molecule has 0 saturated carbocycles. The van der Waals surface area contributed by atoms with Crippen molar-refractivity contribution in [2.75, 3.05) is 5.32 Å². The molecule has 0 aliphatic heterocycles. The zero-order chi connectivity index (χ0) is 16.5. The van der Waals surface area contributed by atoms with E-state index in [-0.39, 0.29) is 0 Å². The zero-order valence-electron chi connectivity index (χ0n) is 13.0. The van der Waals surface area contributed by atoms with Gasteiger partial charge in [0.2, 0.25) is 0 Å². The largest absolute Gasteiger partial charge is 0.340 e. The highest BCUT2D eigenvalue weighted by Gasteiger charge is 2.16. The number of hydrogen-bond donors (Lipinski definition) is 1. The molecular weight excluding hydrogens is 338 g/mol. The SMILES string of the molecule is Cc1sc2ncnc(Nc3cccc(Cl)c3)c2c1-c1ccccc1. The van der Waals surface area contributed by atoms with Crippen LogP contribution in [0.15, 0.2) is 60.9 Å². The Bertz CT molecular complexity index is 1010. The van der Waals surface area contributed by atoms with Crippen molar-refractivity contribution in [3.05, 3.63) is 70.8 Å². The summed E-state index contributed by atoms with van der Waals surface area (Å²) in [6.45, 7) is 2.12. The number of aryl methyl sites for hydroxylation is 1. The predicted octanol–water partition coefficient (Wildman–Crippen LogP) is 6.06. The molecule has 5 heteroatoms. The maximum absolute atomic E-state index is 6.09. The molecule has 4 aromatic rings. The molecular formula is C19H14ClN3S. The van der Waals surface area contributed by atoms with Crippen LogP contribution in [0, 0.1) is 6.92 Å². The molecule has 0 saturated heterocycles. The number of nitrogens with zero attached hydrogens (tertiary/aromatic N) is 2. The van der Waals surface area contributed by atoms with Gasteiger partial charge in [-0.2, -0.15) is 0 Å². The highest BCUT2D eigenvalue weighted by Crippen LogP contribution is 2.40. The molecule has 2 aromatic heterocycles. The van der Waals surface area contributed by atoms with Crippen LogP contribution < -0.4 is 5.32 Å². The lowest BCUT2D eigenvalue weighted by molar-refractivity contribution is 1.23.